The Bertz CT molecular complexity index is 452. The van der Waals surface area contributed by atoms with E-state index in [4.69, 9.17) is 11.6 Å². The summed E-state index contributed by atoms with van der Waals surface area (Å²) in [4.78, 5) is 18.9. The zero-order chi connectivity index (χ0) is 10.7. The second kappa shape index (κ2) is 4.46. The van der Waals surface area contributed by atoms with Crippen molar-refractivity contribution in [3.8, 4) is 0 Å². The van der Waals surface area contributed by atoms with E-state index < -0.39 is 0 Å². The lowest BCUT2D eigenvalue weighted by Crippen LogP contribution is -2.22. The van der Waals surface area contributed by atoms with E-state index in [1.807, 2.05) is 0 Å². The van der Waals surface area contributed by atoms with Crippen molar-refractivity contribution in [2.24, 2.45) is 0 Å². The Labute approximate surface area is 95.3 Å². The van der Waals surface area contributed by atoms with Crippen molar-refractivity contribution in [3.05, 3.63) is 39.6 Å². The molecule has 0 saturated heterocycles. The molecule has 1 amide bonds. The molecule has 2 N–H and O–H groups in total. The first-order valence-electron chi connectivity index (χ1n) is 4.26. The second-order valence-corrected chi connectivity index (χ2v) is 4.18. The van der Waals surface area contributed by atoms with Gasteiger partial charge in [-0.05, 0) is 11.4 Å². The van der Waals surface area contributed by atoms with Gasteiger partial charge in [0.15, 0.2) is 0 Å². The molecule has 0 fully saturated rings. The summed E-state index contributed by atoms with van der Waals surface area (Å²) in [7, 11) is 0. The van der Waals surface area contributed by atoms with Crippen molar-refractivity contribution in [2.45, 2.75) is 6.54 Å². The van der Waals surface area contributed by atoms with Crippen molar-refractivity contribution in [1.29, 1.82) is 0 Å². The van der Waals surface area contributed by atoms with E-state index in [0.717, 1.165) is 5.69 Å². The Morgan fingerprint density at radius 2 is 2.53 bits per heavy atom. The number of aromatic nitrogens is 2. The van der Waals surface area contributed by atoms with Gasteiger partial charge < -0.3 is 10.3 Å². The van der Waals surface area contributed by atoms with Gasteiger partial charge in [0.2, 0.25) is 0 Å². The van der Waals surface area contributed by atoms with Crippen LogP contribution < -0.4 is 5.32 Å². The SMILES string of the molecule is O=C(NCc1cnc[nH]1)c1sccc1Cl. The molecule has 2 rings (SSSR count). The number of nitrogens with one attached hydrogen (secondary N) is 2. The first kappa shape index (κ1) is 10.2. The summed E-state index contributed by atoms with van der Waals surface area (Å²) >= 11 is 7.15. The molecule has 0 aliphatic carbocycles. The predicted octanol–water partition coefficient (Wildman–Crippen LogP) is 2.05. The number of carbonyl (C=O) groups is 1. The normalized spacial score (nSPS) is 10.2. The van der Waals surface area contributed by atoms with Crippen LogP contribution in [-0.2, 0) is 6.54 Å². The minimum absolute atomic E-state index is 0.162. The van der Waals surface area contributed by atoms with Gasteiger partial charge >= 0.3 is 0 Å². The molecule has 0 atom stereocenters. The molecule has 0 unspecified atom stereocenters. The number of aromatic amines is 1. The summed E-state index contributed by atoms with van der Waals surface area (Å²) in [6, 6.07) is 1.71. The van der Waals surface area contributed by atoms with Gasteiger partial charge in [0.05, 0.1) is 23.6 Å². The summed E-state index contributed by atoms with van der Waals surface area (Å²) in [5.74, 6) is -0.162. The standard InChI is InChI=1S/C9H8ClN3OS/c10-7-1-2-15-8(7)9(14)12-4-6-3-11-5-13-6/h1-3,5H,4H2,(H,11,13)(H,12,14). The molecule has 0 aromatic carbocycles. The van der Waals surface area contributed by atoms with E-state index in [1.54, 1.807) is 24.0 Å². The largest absolute Gasteiger partial charge is 0.347 e. The van der Waals surface area contributed by atoms with E-state index in [1.165, 1.54) is 11.3 Å². The van der Waals surface area contributed by atoms with Crippen LogP contribution in [0.5, 0.6) is 0 Å². The smallest absolute Gasteiger partial charge is 0.263 e. The molecule has 78 valence electrons. The highest BCUT2D eigenvalue weighted by Gasteiger charge is 2.11. The van der Waals surface area contributed by atoms with Crippen molar-refractivity contribution < 1.29 is 4.79 Å². The van der Waals surface area contributed by atoms with E-state index in [0.29, 0.717) is 16.4 Å². The number of nitrogens with zero attached hydrogens (tertiary/aromatic N) is 1. The number of halogens is 1. The Kier molecular flexibility index (Phi) is 3.03. The summed E-state index contributed by atoms with van der Waals surface area (Å²) in [5, 5.41) is 5.02. The lowest BCUT2D eigenvalue weighted by Gasteiger charge is -2.01. The van der Waals surface area contributed by atoms with Crippen molar-refractivity contribution >= 4 is 28.8 Å². The number of amides is 1. The number of hydrogen-bond donors (Lipinski definition) is 2. The predicted molar refractivity (Wildman–Crippen MR) is 59.1 cm³/mol. The van der Waals surface area contributed by atoms with Gasteiger partial charge in [-0.15, -0.1) is 11.3 Å². The van der Waals surface area contributed by atoms with Gasteiger partial charge in [0.1, 0.15) is 4.88 Å². The number of rotatable bonds is 3. The van der Waals surface area contributed by atoms with Crippen LogP contribution in [-0.4, -0.2) is 15.9 Å². The lowest BCUT2D eigenvalue weighted by atomic mass is 10.4. The minimum atomic E-state index is -0.162. The molecule has 0 bridgehead atoms. The number of hydrogen-bond acceptors (Lipinski definition) is 3. The summed E-state index contributed by atoms with van der Waals surface area (Å²) in [6.07, 6.45) is 3.23. The van der Waals surface area contributed by atoms with Crippen molar-refractivity contribution in [2.75, 3.05) is 0 Å². The highest BCUT2D eigenvalue weighted by Crippen LogP contribution is 2.21. The zero-order valence-electron chi connectivity index (χ0n) is 7.66. The molecule has 2 aromatic heterocycles. The van der Waals surface area contributed by atoms with Gasteiger partial charge in [-0.1, -0.05) is 11.6 Å². The highest BCUT2D eigenvalue weighted by molar-refractivity contribution is 7.12. The third-order valence-corrected chi connectivity index (χ3v) is 3.16. The monoisotopic (exact) mass is 241 g/mol. The first-order valence-corrected chi connectivity index (χ1v) is 5.51. The van der Waals surface area contributed by atoms with E-state index in [-0.39, 0.29) is 5.91 Å². The van der Waals surface area contributed by atoms with Gasteiger partial charge in [-0.2, -0.15) is 0 Å². The number of H-pyrrole nitrogens is 1. The van der Waals surface area contributed by atoms with Crippen molar-refractivity contribution in [1.82, 2.24) is 15.3 Å². The highest BCUT2D eigenvalue weighted by atomic mass is 35.5. The third kappa shape index (κ3) is 2.37. The van der Waals surface area contributed by atoms with Crippen LogP contribution in [0.2, 0.25) is 5.02 Å². The Morgan fingerprint density at radius 1 is 1.67 bits per heavy atom. The quantitative estimate of drug-likeness (QED) is 0.864. The van der Waals surface area contributed by atoms with E-state index >= 15 is 0 Å². The fourth-order valence-corrected chi connectivity index (χ4v) is 2.15. The third-order valence-electron chi connectivity index (χ3n) is 1.82. The van der Waals surface area contributed by atoms with Crippen LogP contribution in [0.1, 0.15) is 15.4 Å². The maximum absolute atomic E-state index is 11.6. The number of imidazole rings is 1. The average molecular weight is 242 g/mol. The molecule has 2 heterocycles. The Hall–Kier alpha value is -1.33. The molecule has 0 aliphatic rings. The fourth-order valence-electron chi connectivity index (χ4n) is 1.09. The summed E-state index contributed by atoms with van der Waals surface area (Å²) in [5.41, 5.74) is 0.857. The van der Waals surface area contributed by atoms with Crippen LogP contribution >= 0.6 is 22.9 Å². The summed E-state index contributed by atoms with van der Waals surface area (Å²) < 4.78 is 0. The first-order chi connectivity index (χ1) is 7.27. The maximum atomic E-state index is 11.6. The van der Waals surface area contributed by atoms with E-state index in [2.05, 4.69) is 15.3 Å². The maximum Gasteiger partial charge on any atom is 0.263 e. The van der Waals surface area contributed by atoms with Crippen LogP contribution in [0.25, 0.3) is 0 Å². The molecule has 6 heteroatoms. The van der Waals surface area contributed by atoms with Gasteiger partial charge in [0.25, 0.3) is 5.91 Å². The van der Waals surface area contributed by atoms with Gasteiger partial charge in [0, 0.05) is 6.20 Å². The Morgan fingerprint density at radius 3 is 3.13 bits per heavy atom. The van der Waals surface area contributed by atoms with Crippen LogP contribution in [0.3, 0.4) is 0 Å². The molecule has 15 heavy (non-hydrogen) atoms. The fraction of sp³-hybridized carbons (Fsp3) is 0.111. The number of carbonyl (C=O) groups excluding carboxylic acids is 1. The molecule has 4 nitrogen and oxygen atoms in total. The second-order valence-electron chi connectivity index (χ2n) is 2.86. The Balaban J connectivity index is 1.96. The zero-order valence-corrected chi connectivity index (χ0v) is 9.23. The molecule has 0 aliphatic heterocycles. The van der Waals surface area contributed by atoms with Gasteiger partial charge in [-0.25, -0.2) is 4.98 Å². The molecule has 2 aromatic rings. The molecule has 0 saturated carbocycles. The van der Waals surface area contributed by atoms with E-state index in [9.17, 15) is 4.79 Å². The average Bonchev–Trinajstić information content (AvgIpc) is 2.84. The van der Waals surface area contributed by atoms with Crippen LogP contribution in [0, 0.1) is 0 Å². The molecular formula is C9H8ClN3OS. The lowest BCUT2D eigenvalue weighted by molar-refractivity contribution is 0.0954. The molecule has 0 radical (unpaired) electrons. The van der Waals surface area contributed by atoms with Crippen LogP contribution in [0.15, 0.2) is 24.0 Å². The van der Waals surface area contributed by atoms with Crippen LogP contribution in [0.4, 0.5) is 0 Å². The van der Waals surface area contributed by atoms with Gasteiger partial charge in [-0.3, -0.25) is 4.79 Å². The topological polar surface area (TPSA) is 57.8 Å². The molecule has 0 spiro atoms. The molecular weight excluding hydrogens is 234 g/mol. The minimum Gasteiger partial charge on any atom is -0.347 e. The number of thiophene rings is 1. The summed E-state index contributed by atoms with van der Waals surface area (Å²) in [6.45, 7) is 0.424. The van der Waals surface area contributed by atoms with Crippen molar-refractivity contribution in [3.63, 3.8) is 0 Å².